The molecule has 1 rings (SSSR count). The van der Waals surface area contributed by atoms with E-state index >= 15 is 0 Å². The highest BCUT2D eigenvalue weighted by molar-refractivity contribution is 5.41. The van der Waals surface area contributed by atoms with Crippen LogP contribution in [0, 0.1) is 17.0 Å². The molecular weight excluding hydrogens is 224 g/mol. The van der Waals surface area contributed by atoms with Gasteiger partial charge >= 0.3 is 0 Å². The molecule has 0 atom stereocenters. The van der Waals surface area contributed by atoms with Crippen LogP contribution in [0.3, 0.4) is 0 Å². The largest absolute Gasteiger partial charge is 0.495 e. The van der Waals surface area contributed by atoms with Gasteiger partial charge in [0.2, 0.25) is 6.54 Å². The van der Waals surface area contributed by atoms with E-state index < -0.39 is 0 Å². The third-order valence-corrected chi connectivity index (χ3v) is 2.45. The maximum Gasteiger partial charge on any atom is 0.208 e. The Morgan fingerprint density at radius 3 is 2.71 bits per heavy atom. The molecule has 6 heteroatoms. The minimum atomic E-state index is -0.341. The van der Waals surface area contributed by atoms with Crippen LogP contribution in [0.5, 0.6) is 5.75 Å². The molecule has 1 heterocycles. The number of rotatable bonds is 6. The molecule has 0 bridgehead atoms. The lowest BCUT2D eigenvalue weighted by Crippen LogP contribution is -2.10. The monoisotopic (exact) mass is 240 g/mol. The fraction of sp³-hybridized carbons (Fsp3) is 0.545. The van der Waals surface area contributed by atoms with Crippen LogP contribution >= 0.6 is 0 Å². The van der Waals surface area contributed by atoms with Crippen molar-refractivity contribution in [2.24, 2.45) is 0 Å². The molecule has 1 aromatic rings. The van der Waals surface area contributed by atoms with Crippen LogP contribution in [0.15, 0.2) is 6.20 Å². The topological polar surface area (TPSA) is 74.5 Å². The lowest BCUT2D eigenvalue weighted by atomic mass is 10.0. The summed E-state index contributed by atoms with van der Waals surface area (Å²) in [4.78, 5) is 14.3. The standard InChI is InChI=1S/C11H16N2O4/c1-8-11(17-3)10(4-5-13(14)15)9(6-12-8)7-16-2/h6H,4-5,7H2,1-3H3. The van der Waals surface area contributed by atoms with Gasteiger partial charge in [-0.15, -0.1) is 0 Å². The lowest BCUT2D eigenvalue weighted by molar-refractivity contribution is -0.479. The molecule has 1 aromatic heterocycles. The first-order chi connectivity index (χ1) is 8.10. The van der Waals surface area contributed by atoms with Gasteiger partial charge in [0.05, 0.1) is 19.4 Å². The van der Waals surface area contributed by atoms with Gasteiger partial charge in [0.1, 0.15) is 5.75 Å². The molecule has 6 nitrogen and oxygen atoms in total. The summed E-state index contributed by atoms with van der Waals surface area (Å²) in [7, 11) is 3.11. The van der Waals surface area contributed by atoms with Crippen molar-refractivity contribution in [3.8, 4) is 5.75 Å². The van der Waals surface area contributed by atoms with E-state index in [9.17, 15) is 10.1 Å². The van der Waals surface area contributed by atoms with Gasteiger partial charge in [-0.1, -0.05) is 0 Å². The Bertz CT molecular complexity index is 407. The SMILES string of the molecule is COCc1cnc(C)c(OC)c1CC[N+](=O)[O-]. The van der Waals surface area contributed by atoms with Crippen molar-refractivity contribution in [1.82, 2.24) is 4.98 Å². The molecule has 0 unspecified atom stereocenters. The van der Waals surface area contributed by atoms with Crippen LogP contribution in [0.2, 0.25) is 0 Å². The fourth-order valence-electron chi connectivity index (χ4n) is 1.70. The van der Waals surface area contributed by atoms with E-state index in [1.807, 2.05) is 6.92 Å². The number of pyridine rings is 1. The van der Waals surface area contributed by atoms with Crippen LogP contribution in [0.4, 0.5) is 0 Å². The molecule has 0 aliphatic heterocycles. The van der Waals surface area contributed by atoms with Gasteiger partial charge < -0.3 is 9.47 Å². The fourth-order valence-corrected chi connectivity index (χ4v) is 1.70. The summed E-state index contributed by atoms with van der Waals surface area (Å²) < 4.78 is 10.3. The molecule has 0 radical (unpaired) electrons. The highest BCUT2D eigenvalue weighted by atomic mass is 16.6. The zero-order valence-corrected chi connectivity index (χ0v) is 10.2. The number of aromatic nitrogens is 1. The summed E-state index contributed by atoms with van der Waals surface area (Å²) >= 11 is 0. The molecule has 0 saturated heterocycles. The highest BCUT2D eigenvalue weighted by Crippen LogP contribution is 2.25. The molecule has 0 aliphatic carbocycles. The number of methoxy groups -OCH3 is 2. The van der Waals surface area contributed by atoms with Gasteiger partial charge in [0.15, 0.2) is 0 Å². The van der Waals surface area contributed by atoms with E-state index in [1.165, 1.54) is 7.11 Å². The van der Waals surface area contributed by atoms with E-state index in [0.717, 1.165) is 16.8 Å². The Morgan fingerprint density at radius 1 is 1.47 bits per heavy atom. The van der Waals surface area contributed by atoms with Crippen LogP contribution in [0.1, 0.15) is 16.8 Å². The number of nitrogens with zero attached hydrogens (tertiary/aromatic N) is 2. The zero-order chi connectivity index (χ0) is 12.8. The molecule has 0 fully saturated rings. The molecule has 17 heavy (non-hydrogen) atoms. The van der Waals surface area contributed by atoms with Crippen molar-refractivity contribution in [3.05, 3.63) is 33.1 Å². The maximum absolute atomic E-state index is 10.4. The van der Waals surface area contributed by atoms with Crippen molar-refractivity contribution in [3.63, 3.8) is 0 Å². The van der Waals surface area contributed by atoms with E-state index in [0.29, 0.717) is 18.8 Å². The first-order valence-electron chi connectivity index (χ1n) is 5.22. The predicted molar refractivity (Wildman–Crippen MR) is 61.8 cm³/mol. The molecule has 0 N–H and O–H groups in total. The van der Waals surface area contributed by atoms with Gasteiger partial charge in [-0.2, -0.15) is 0 Å². The quantitative estimate of drug-likeness (QED) is 0.554. The minimum absolute atomic E-state index is 0.128. The molecule has 0 aliphatic rings. The summed E-state index contributed by atoms with van der Waals surface area (Å²) in [5, 5.41) is 10.4. The Labute approximate surface area is 99.7 Å². The lowest BCUT2D eigenvalue weighted by Gasteiger charge is -2.13. The average Bonchev–Trinajstić information content (AvgIpc) is 2.29. The van der Waals surface area contributed by atoms with Gasteiger partial charge in [-0.3, -0.25) is 15.1 Å². The van der Waals surface area contributed by atoms with Gasteiger partial charge in [0, 0.05) is 35.8 Å². The summed E-state index contributed by atoms with van der Waals surface area (Å²) in [6, 6.07) is 0. The van der Waals surface area contributed by atoms with E-state index in [4.69, 9.17) is 9.47 Å². The minimum Gasteiger partial charge on any atom is -0.495 e. The summed E-state index contributed by atoms with van der Waals surface area (Å²) in [6.07, 6.45) is 1.99. The molecule has 0 saturated carbocycles. The predicted octanol–water partition coefficient (Wildman–Crippen LogP) is 1.36. The second-order valence-corrected chi connectivity index (χ2v) is 3.62. The van der Waals surface area contributed by atoms with Crippen LogP contribution in [-0.2, 0) is 17.8 Å². The van der Waals surface area contributed by atoms with E-state index in [1.54, 1.807) is 13.3 Å². The summed E-state index contributed by atoms with van der Waals surface area (Å²) in [5.41, 5.74) is 2.36. The highest BCUT2D eigenvalue weighted by Gasteiger charge is 2.15. The number of ether oxygens (including phenoxy) is 2. The first kappa shape index (κ1) is 13.4. The number of hydrogen-bond donors (Lipinski definition) is 0. The van der Waals surface area contributed by atoms with Crippen LogP contribution in [0.25, 0.3) is 0 Å². The van der Waals surface area contributed by atoms with Crippen LogP contribution < -0.4 is 4.74 Å². The number of aryl methyl sites for hydroxylation is 1. The Morgan fingerprint density at radius 2 is 2.18 bits per heavy atom. The second kappa shape index (κ2) is 6.15. The Kier molecular flexibility index (Phi) is 4.84. The average molecular weight is 240 g/mol. The molecule has 94 valence electrons. The van der Waals surface area contributed by atoms with E-state index in [2.05, 4.69) is 4.98 Å². The summed E-state index contributed by atoms with van der Waals surface area (Å²) in [6.45, 7) is 2.05. The molecule has 0 aromatic carbocycles. The third kappa shape index (κ3) is 3.39. The van der Waals surface area contributed by atoms with Crippen molar-refractivity contribution in [1.29, 1.82) is 0 Å². The van der Waals surface area contributed by atoms with Crippen molar-refractivity contribution >= 4 is 0 Å². The van der Waals surface area contributed by atoms with Crippen molar-refractivity contribution in [2.75, 3.05) is 20.8 Å². The van der Waals surface area contributed by atoms with Crippen molar-refractivity contribution < 1.29 is 14.4 Å². The second-order valence-electron chi connectivity index (χ2n) is 3.62. The smallest absolute Gasteiger partial charge is 0.208 e. The van der Waals surface area contributed by atoms with Gasteiger partial charge in [0.25, 0.3) is 0 Å². The number of nitro groups is 1. The first-order valence-corrected chi connectivity index (χ1v) is 5.22. The Hall–Kier alpha value is -1.69. The number of hydrogen-bond acceptors (Lipinski definition) is 5. The van der Waals surface area contributed by atoms with Gasteiger partial charge in [-0.05, 0) is 6.92 Å². The van der Waals surface area contributed by atoms with E-state index in [-0.39, 0.29) is 11.5 Å². The normalized spacial score (nSPS) is 10.3. The third-order valence-electron chi connectivity index (χ3n) is 2.45. The molecule has 0 amide bonds. The van der Waals surface area contributed by atoms with Crippen molar-refractivity contribution in [2.45, 2.75) is 20.0 Å². The maximum atomic E-state index is 10.4. The molecular formula is C11H16N2O4. The molecule has 0 spiro atoms. The van der Waals surface area contributed by atoms with Crippen LogP contribution in [-0.4, -0.2) is 30.7 Å². The Balaban J connectivity index is 3.09. The summed E-state index contributed by atoms with van der Waals surface area (Å²) in [5.74, 6) is 0.612. The zero-order valence-electron chi connectivity index (χ0n) is 10.2. The van der Waals surface area contributed by atoms with Gasteiger partial charge in [-0.25, -0.2) is 0 Å².